The van der Waals surface area contributed by atoms with Crippen LogP contribution in [0, 0.1) is 0 Å². The molecule has 2 aromatic rings. The Kier molecular flexibility index (Phi) is 4.67. The first-order valence-electron chi connectivity index (χ1n) is 6.36. The van der Waals surface area contributed by atoms with E-state index in [0.717, 1.165) is 19.3 Å². The summed E-state index contributed by atoms with van der Waals surface area (Å²) in [6.45, 7) is 0. The van der Waals surface area contributed by atoms with E-state index >= 15 is 0 Å². The lowest BCUT2D eigenvalue weighted by atomic mass is 10.0. The van der Waals surface area contributed by atoms with Crippen LogP contribution in [-0.4, -0.2) is 18.1 Å². The lowest BCUT2D eigenvalue weighted by Gasteiger charge is -2.03. The second-order valence-electron chi connectivity index (χ2n) is 4.40. The predicted octanol–water partition coefficient (Wildman–Crippen LogP) is 3.04. The van der Waals surface area contributed by atoms with Gasteiger partial charge in [-0.3, -0.25) is 4.98 Å². The van der Waals surface area contributed by atoms with Crippen LogP contribution in [0.5, 0.6) is 0 Å². The Bertz CT molecular complexity index is 520. The molecule has 0 saturated heterocycles. The second-order valence-corrected chi connectivity index (χ2v) is 4.40. The van der Waals surface area contributed by atoms with Gasteiger partial charge in [0.05, 0.1) is 12.7 Å². The van der Waals surface area contributed by atoms with Gasteiger partial charge in [-0.25, -0.2) is 4.79 Å². The van der Waals surface area contributed by atoms with E-state index in [9.17, 15) is 4.79 Å². The highest BCUT2D eigenvalue weighted by molar-refractivity contribution is 5.89. The summed E-state index contributed by atoms with van der Waals surface area (Å²) in [5.74, 6) is -0.290. The maximum atomic E-state index is 11.3. The van der Waals surface area contributed by atoms with E-state index in [1.807, 2.05) is 36.5 Å². The molecule has 3 heteroatoms. The number of pyridine rings is 1. The summed E-state index contributed by atoms with van der Waals surface area (Å²) in [4.78, 5) is 15.4. The minimum Gasteiger partial charge on any atom is -0.465 e. The number of carbonyl (C=O) groups excluding carboxylic acids is 1. The first kappa shape index (κ1) is 13.3. The van der Waals surface area contributed by atoms with Crippen molar-refractivity contribution in [3.8, 4) is 0 Å². The number of hydrogen-bond donors (Lipinski definition) is 0. The molecule has 0 spiro atoms. The molecule has 0 aliphatic carbocycles. The SMILES string of the molecule is COC(=O)c1ccc(CCCc2cccnc2)cc1. The van der Waals surface area contributed by atoms with Crippen molar-refractivity contribution < 1.29 is 9.53 Å². The van der Waals surface area contributed by atoms with Crippen LogP contribution in [-0.2, 0) is 17.6 Å². The van der Waals surface area contributed by atoms with Crippen LogP contribution >= 0.6 is 0 Å². The van der Waals surface area contributed by atoms with Gasteiger partial charge in [-0.1, -0.05) is 18.2 Å². The molecule has 0 fully saturated rings. The van der Waals surface area contributed by atoms with Gasteiger partial charge in [0.2, 0.25) is 0 Å². The Morgan fingerprint density at radius 3 is 2.47 bits per heavy atom. The van der Waals surface area contributed by atoms with Crippen molar-refractivity contribution in [1.29, 1.82) is 0 Å². The fraction of sp³-hybridized carbons (Fsp3) is 0.250. The number of nitrogens with zero attached hydrogens (tertiary/aromatic N) is 1. The third kappa shape index (κ3) is 3.91. The lowest BCUT2D eigenvalue weighted by Crippen LogP contribution is -2.01. The molecule has 0 unspecified atom stereocenters. The second kappa shape index (κ2) is 6.69. The van der Waals surface area contributed by atoms with Crippen LogP contribution in [0.1, 0.15) is 27.9 Å². The number of ether oxygens (including phenoxy) is 1. The Balaban J connectivity index is 1.85. The summed E-state index contributed by atoms with van der Waals surface area (Å²) in [7, 11) is 1.39. The molecule has 3 nitrogen and oxygen atoms in total. The largest absolute Gasteiger partial charge is 0.465 e. The molecule has 2 rings (SSSR count). The van der Waals surface area contributed by atoms with Crippen LogP contribution in [0.3, 0.4) is 0 Å². The van der Waals surface area contributed by atoms with Gasteiger partial charge in [-0.05, 0) is 48.6 Å². The molecule has 0 N–H and O–H groups in total. The number of aromatic nitrogens is 1. The zero-order chi connectivity index (χ0) is 13.5. The van der Waals surface area contributed by atoms with Crippen molar-refractivity contribution >= 4 is 5.97 Å². The molecule has 0 aliphatic rings. The molecule has 1 aromatic heterocycles. The van der Waals surface area contributed by atoms with E-state index in [2.05, 4.69) is 15.8 Å². The summed E-state index contributed by atoms with van der Waals surface area (Å²) in [6.07, 6.45) is 6.78. The number of carbonyl (C=O) groups is 1. The van der Waals surface area contributed by atoms with Gasteiger partial charge in [-0.15, -0.1) is 0 Å². The van der Waals surface area contributed by atoms with Gasteiger partial charge in [-0.2, -0.15) is 0 Å². The third-order valence-corrected chi connectivity index (χ3v) is 3.03. The lowest BCUT2D eigenvalue weighted by molar-refractivity contribution is 0.0600. The van der Waals surface area contributed by atoms with E-state index in [1.165, 1.54) is 18.2 Å². The van der Waals surface area contributed by atoms with E-state index < -0.39 is 0 Å². The van der Waals surface area contributed by atoms with E-state index in [4.69, 9.17) is 0 Å². The monoisotopic (exact) mass is 255 g/mol. The van der Waals surface area contributed by atoms with Crippen molar-refractivity contribution in [1.82, 2.24) is 4.98 Å². The molecule has 1 aromatic carbocycles. The standard InChI is InChI=1S/C16H17NO2/c1-19-16(18)15-9-7-13(8-10-15)4-2-5-14-6-3-11-17-12-14/h3,6-12H,2,4-5H2,1H3. The Morgan fingerprint density at radius 2 is 1.84 bits per heavy atom. The molecular formula is C16H17NO2. The molecule has 0 atom stereocenters. The quantitative estimate of drug-likeness (QED) is 0.771. The van der Waals surface area contributed by atoms with Crippen LogP contribution < -0.4 is 0 Å². The zero-order valence-electron chi connectivity index (χ0n) is 11.0. The Morgan fingerprint density at radius 1 is 1.11 bits per heavy atom. The maximum absolute atomic E-state index is 11.3. The first-order valence-corrected chi connectivity index (χ1v) is 6.36. The highest BCUT2D eigenvalue weighted by atomic mass is 16.5. The topological polar surface area (TPSA) is 39.2 Å². The number of methoxy groups -OCH3 is 1. The molecule has 0 amide bonds. The maximum Gasteiger partial charge on any atom is 0.337 e. The minimum absolute atomic E-state index is 0.290. The molecule has 19 heavy (non-hydrogen) atoms. The van der Waals surface area contributed by atoms with Gasteiger partial charge in [0.25, 0.3) is 0 Å². The van der Waals surface area contributed by atoms with Crippen LogP contribution in [0.2, 0.25) is 0 Å². The number of esters is 1. The third-order valence-electron chi connectivity index (χ3n) is 3.03. The fourth-order valence-electron chi connectivity index (χ4n) is 1.97. The molecule has 0 bridgehead atoms. The summed E-state index contributed by atoms with van der Waals surface area (Å²) in [5.41, 5.74) is 3.09. The number of hydrogen-bond acceptors (Lipinski definition) is 3. The minimum atomic E-state index is -0.290. The number of rotatable bonds is 5. The Labute approximate surface area is 113 Å². The van der Waals surface area contributed by atoms with Crippen LogP contribution in [0.25, 0.3) is 0 Å². The average Bonchev–Trinajstić information content (AvgIpc) is 2.48. The van der Waals surface area contributed by atoms with E-state index in [1.54, 1.807) is 6.20 Å². The normalized spacial score (nSPS) is 10.2. The van der Waals surface area contributed by atoms with Gasteiger partial charge >= 0.3 is 5.97 Å². The first-order chi connectivity index (χ1) is 9.29. The van der Waals surface area contributed by atoms with E-state index in [0.29, 0.717) is 5.56 Å². The van der Waals surface area contributed by atoms with Crippen molar-refractivity contribution in [2.75, 3.05) is 7.11 Å². The molecule has 0 saturated carbocycles. The van der Waals surface area contributed by atoms with Crippen molar-refractivity contribution in [3.63, 3.8) is 0 Å². The fourth-order valence-corrected chi connectivity index (χ4v) is 1.97. The summed E-state index contributed by atoms with van der Waals surface area (Å²) in [6, 6.07) is 11.6. The van der Waals surface area contributed by atoms with Crippen LogP contribution in [0.15, 0.2) is 48.8 Å². The summed E-state index contributed by atoms with van der Waals surface area (Å²) >= 11 is 0. The van der Waals surface area contributed by atoms with Crippen molar-refractivity contribution in [3.05, 3.63) is 65.5 Å². The van der Waals surface area contributed by atoms with Crippen molar-refractivity contribution in [2.45, 2.75) is 19.3 Å². The number of aryl methyl sites for hydroxylation is 2. The van der Waals surface area contributed by atoms with Gasteiger partial charge < -0.3 is 4.74 Å². The molecule has 0 radical (unpaired) electrons. The molecule has 0 aliphatic heterocycles. The summed E-state index contributed by atoms with van der Waals surface area (Å²) < 4.78 is 4.67. The van der Waals surface area contributed by atoms with Crippen LogP contribution in [0.4, 0.5) is 0 Å². The average molecular weight is 255 g/mol. The smallest absolute Gasteiger partial charge is 0.337 e. The summed E-state index contributed by atoms with van der Waals surface area (Å²) in [5, 5.41) is 0. The highest BCUT2D eigenvalue weighted by Gasteiger charge is 2.04. The van der Waals surface area contributed by atoms with E-state index in [-0.39, 0.29) is 5.97 Å². The zero-order valence-corrected chi connectivity index (χ0v) is 11.0. The Hall–Kier alpha value is -2.16. The molecular weight excluding hydrogens is 238 g/mol. The molecule has 1 heterocycles. The van der Waals surface area contributed by atoms with Gasteiger partial charge in [0.1, 0.15) is 0 Å². The number of benzene rings is 1. The van der Waals surface area contributed by atoms with Crippen molar-refractivity contribution in [2.24, 2.45) is 0 Å². The predicted molar refractivity (Wildman–Crippen MR) is 74.0 cm³/mol. The van der Waals surface area contributed by atoms with Gasteiger partial charge in [0.15, 0.2) is 0 Å². The molecule has 98 valence electrons. The highest BCUT2D eigenvalue weighted by Crippen LogP contribution is 2.10. The van der Waals surface area contributed by atoms with Gasteiger partial charge in [0, 0.05) is 12.4 Å².